The van der Waals surface area contributed by atoms with Gasteiger partial charge in [0.2, 0.25) is 0 Å². The molecule has 0 aliphatic carbocycles. The first-order valence-electron chi connectivity index (χ1n) is 9.36. The van der Waals surface area contributed by atoms with E-state index in [1.54, 1.807) is 17.7 Å². The van der Waals surface area contributed by atoms with Crippen LogP contribution in [0.4, 0.5) is 5.82 Å². The summed E-state index contributed by atoms with van der Waals surface area (Å²) in [5.41, 5.74) is 2.48. The van der Waals surface area contributed by atoms with Gasteiger partial charge in [-0.3, -0.25) is 0 Å². The molecule has 5 nitrogen and oxygen atoms in total. The van der Waals surface area contributed by atoms with E-state index >= 15 is 0 Å². The molecule has 0 saturated heterocycles. The monoisotopic (exact) mass is 384 g/mol. The molecule has 0 amide bonds. The van der Waals surface area contributed by atoms with Crippen molar-refractivity contribution in [2.24, 2.45) is 0 Å². The third-order valence-electron chi connectivity index (χ3n) is 4.48. The first-order chi connectivity index (χ1) is 13.0. The van der Waals surface area contributed by atoms with Crippen molar-refractivity contribution in [3.63, 3.8) is 0 Å². The molecule has 1 atom stereocenters. The molecule has 27 heavy (non-hydrogen) atoms. The smallest absolute Gasteiger partial charge is 0.138 e. The maximum absolute atomic E-state index is 6.07. The van der Waals surface area contributed by atoms with Crippen LogP contribution in [-0.2, 0) is 6.42 Å². The summed E-state index contributed by atoms with van der Waals surface area (Å²) in [7, 11) is 4.17. The zero-order valence-electron chi connectivity index (χ0n) is 16.5. The van der Waals surface area contributed by atoms with E-state index in [2.05, 4.69) is 71.7 Å². The fourth-order valence-corrected chi connectivity index (χ4v) is 3.87. The predicted molar refractivity (Wildman–Crippen MR) is 114 cm³/mol. The lowest BCUT2D eigenvalue weighted by molar-refractivity contribution is 0.194. The van der Waals surface area contributed by atoms with Crippen LogP contribution >= 0.6 is 11.3 Å². The second-order valence-corrected chi connectivity index (χ2v) is 8.02. The van der Waals surface area contributed by atoms with Crippen molar-refractivity contribution in [1.82, 2.24) is 14.9 Å². The molecular weight excluding hydrogens is 356 g/mol. The molecule has 1 unspecified atom stereocenters. The van der Waals surface area contributed by atoms with E-state index in [1.165, 1.54) is 11.1 Å². The van der Waals surface area contributed by atoms with Crippen molar-refractivity contribution in [1.29, 1.82) is 0 Å². The molecule has 0 aliphatic heterocycles. The van der Waals surface area contributed by atoms with Crippen LogP contribution in [0, 0.1) is 6.92 Å². The molecule has 3 aromatic rings. The number of benzene rings is 1. The highest BCUT2D eigenvalue weighted by Gasteiger charge is 2.09. The number of nitrogens with one attached hydrogen (secondary N) is 1. The van der Waals surface area contributed by atoms with Crippen LogP contribution in [0.2, 0.25) is 0 Å². The fourth-order valence-electron chi connectivity index (χ4n) is 2.98. The van der Waals surface area contributed by atoms with E-state index in [0.29, 0.717) is 0 Å². The standard InChI is InChI=1S/C21H28N4OS/c1-15-13-27-21-19(15)20(23-14-24-21)22-10-8-17-6-5-7-18(12-17)26-16(2)9-11-25(3)4/h5-7,12-14,16H,8-11H2,1-4H3,(H,22,23,24). The third-order valence-corrected chi connectivity index (χ3v) is 5.48. The molecule has 144 valence electrons. The van der Waals surface area contributed by atoms with Crippen LogP contribution in [0.5, 0.6) is 5.75 Å². The lowest BCUT2D eigenvalue weighted by Crippen LogP contribution is -2.21. The van der Waals surface area contributed by atoms with E-state index < -0.39 is 0 Å². The van der Waals surface area contributed by atoms with Crippen molar-refractivity contribution in [3.8, 4) is 5.75 Å². The second-order valence-electron chi connectivity index (χ2n) is 7.17. The van der Waals surface area contributed by atoms with Gasteiger partial charge in [-0.1, -0.05) is 12.1 Å². The summed E-state index contributed by atoms with van der Waals surface area (Å²) in [6.45, 7) is 6.08. The van der Waals surface area contributed by atoms with Crippen molar-refractivity contribution in [2.75, 3.05) is 32.5 Å². The van der Waals surface area contributed by atoms with E-state index in [9.17, 15) is 0 Å². The highest BCUT2D eigenvalue weighted by atomic mass is 32.1. The quantitative estimate of drug-likeness (QED) is 0.593. The maximum atomic E-state index is 6.07. The summed E-state index contributed by atoms with van der Waals surface area (Å²) < 4.78 is 6.07. The van der Waals surface area contributed by atoms with Crippen LogP contribution in [-0.4, -0.2) is 48.2 Å². The van der Waals surface area contributed by atoms with Gasteiger partial charge in [0.15, 0.2) is 0 Å². The van der Waals surface area contributed by atoms with Crippen LogP contribution in [0.15, 0.2) is 36.0 Å². The second kappa shape index (κ2) is 9.15. The molecule has 1 aromatic carbocycles. The number of hydrogen-bond donors (Lipinski definition) is 1. The number of ether oxygens (including phenoxy) is 1. The van der Waals surface area contributed by atoms with Crippen LogP contribution in [0.25, 0.3) is 10.2 Å². The summed E-state index contributed by atoms with van der Waals surface area (Å²) in [4.78, 5) is 12.0. The first kappa shape index (κ1) is 19.6. The van der Waals surface area contributed by atoms with Crippen LogP contribution in [0.1, 0.15) is 24.5 Å². The van der Waals surface area contributed by atoms with Gasteiger partial charge in [-0.25, -0.2) is 9.97 Å². The fraction of sp³-hybridized carbons (Fsp3) is 0.429. The Kier molecular flexibility index (Phi) is 6.63. The Labute approximate surface area is 165 Å². The predicted octanol–water partition coefficient (Wildman–Crippen LogP) is 4.37. The minimum atomic E-state index is 0.205. The van der Waals surface area contributed by atoms with Crippen LogP contribution < -0.4 is 10.1 Å². The zero-order chi connectivity index (χ0) is 19.2. The van der Waals surface area contributed by atoms with Gasteiger partial charge in [0.1, 0.15) is 22.7 Å². The highest BCUT2D eigenvalue weighted by molar-refractivity contribution is 7.17. The molecular formula is C21H28N4OS. The van der Waals surface area contributed by atoms with Gasteiger partial charge in [0.05, 0.1) is 11.5 Å². The average molecular weight is 385 g/mol. The average Bonchev–Trinajstić information content (AvgIpc) is 3.02. The van der Waals surface area contributed by atoms with Gasteiger partial charge in [-0.15, -0.1) is 11.3 Å². The molecule has 6 heteroatoms. The Bertz CT molecular complexity index is 877. The molecule has 0 bridgehead atoms. The largest absolute Gasteiger partial charge is 0.491 e. The van der Waals surface area contributed by atoms with Gasteiger partial charge in [-0.2, -0.15) is 0 Å². The minimum Gasteiger partial charge on any atom is -0.491 e. The Morgan fingerprint density at radius 3 is 2.93 bits per heavy atom. The first-order valence-corrected chi connectivity index (χ1v) is 10.2. The Morgan fingerprint density at radius 1 is 1.26 bits per heavy atom. The number of rotatable bonds is 9. The van der Waals surface area contributed by atoms with Gasteiger partial charge in [-0.05, 0) is 69.4 Å². The van der Waals surface area contributed by atoms with Gasteiger partial charge in [0.25, 0.3) is 0 Å². The topological polar surface area (TPSA) is 50.3 Å². The molecule has 1 N–H and O–H groups in total. The van der Waals surface area contributed by atoms with Gasteiger partial charge < -0.3 is 15.0 Å². The van der Waals surface area contributed by atoms with E-state index in [1.807, 2.05) is 6.07 Å². The number of thiophene rings is 1. The molecule has 0 spiro atoms. The Hall–Kier alpha value is -2.18. The number of aryl methyl sites for hydroxylation is 1. The van der Waals surface area contributed by atoms with Crippen molar-refractivity contribution >= 4 is 27.4 Å². The summed E-state index contributed by atoms with van der Waals surface area (Å²) >= 11 is 1.66. The maximum Gasteiger partial charge on any atom is 0.138 e. The molecule has 0 aliphatic rings. The van der Waals surface area contributed by atoms with E-state index in [-0.39, 0.29) is 6.10 Å². The highest BCUT2D eigenvalue weighted by Crippen LogP contribution is 2.28. The summed E-state index contributed by atoms with van der Waals surface area (Å²) in [6, 6.07) is 8.38. The summed E-state index contributed by atoms with van der Waals surface area (Å²) in [5.74, 6) is 1.86. The van der Waals surface area contributed by atoms with Crippen molar-refractivity contribution < 1.29 is 4.74 Å². The summed E-state index contributed by atoms with van der Waals surface area (Å²) in [5, 5.41) is 6.73. The van der Waals surface area contributed by atoms with Gasteiger partial charge in [0, 0.05) is 13.1 Å². The van der Waals surface area contributed by atoms with Crippen molar-refractivity contribution in [3.05, 3.63) is 47.1 Å². The van der Waals surface area contributed by atoms with E-state index in [4.69, 9.17) is 4.74 Å². The van der Waals surface area contributed by atoms with Gasteiger partial charge >= 0.3 is 0 Å². The number of nitrogens with zero attached hydrogens (tertiary/aromatic N) is 3. The normalized spacial score (nSPS) is 12.5. The lowest BCUT2D eigenvalue weighted by atomic mass is 10.1. The number of fused-ring (bicyclic) bond motifs is 1. The Balaban J connectivity index is 1.56. The molecule has 2 heterocycles. The molecule has 3 rings (SSSR count). The third kappa shape index (κ3) is 5.40. The van der Waals surface area contributed by atoms with Crippen molar-refractivity contribution in [2.45, 2.75) is 32.8 Å². The summed E-state index contributed by atoms with van der Waals surface area (Å²) in [6.07, 6.45) is 3.77. The number of anilines is 1. The van der Waals surface area contributed by atoms with E-state index in [0.717, 1.165) is 47.7 Å². The molecule has 0 fully saturated rings. The number of hydrogen-bond acceptors (Lipinski definition) is 6. The minimum absolute atomic E-state index is 0.205. The number of aromatic nitrogens is 2. The zero-order valence-corrected chi connectivity index (χ0v) is 17.3. The Morgan fingerprint density at radius 2 is 2.11 bits per heavy atom. The molecule has 0 saturated carbocycles. The van der Waals surface area contributed by atoms with Crippen LogP contribution in [0.3, 0.4) is 0 Å². The molecule has 2 aromatic heterocycles. The SMILES string of the molecule is Cc1csc2ncnc(NCCc3cccc(OC(C)CCN(C)C)c3)c12. The lowest BCUT2D eigenvalue weighted by Gasteiger charge is -2.17. The molecule has 0 radical (unpaired) electrons.